The second kappa shape index (κ2) is 6.92. The molecule has 1 rings (SSSR count). The number of piperazine rings is 1. The maximum atomic E-state index is 11.8. The van der Waals surface area contributed by atoms with Gasteiger partial charge >= 0.3 is 6.09 Å². The van der Waals surface area contributed by atoms with E-state index >= 15 is 0 Å². The molecule has 116 valence electrons. The Bertz CT molecular complexity index is 344. The summed E-state index contributed by atoms with van der Waals surface area (Å²) >= 11 is 0. The van der Waals surface area contributed by atoms with Crippen LogP contribution in [0.25, 0.3) is 0 Å². The molecule has 0 N–H and O–H groups in total. The van der Waals surface area contributed by atoms with Crippen LogP contribution in [0.2, 0.25) is 0 Å². The predicted octanol–water partition coefficient (Wildman–Crippen LogP) is 1.02. The van der Waals surface area contributed by atoms with Crippen molar-refractivity contribution in [2.24, 2.45) is 0 Å². The van der Waals surface area contributed by atoms with Gasteiger partial charge < -0.3 is 14.5 Å². The lowest BCUT2D eigenvalue weighted by Crippen LogP contribution is -2.50. The van der Waals surface area contributed by atoms with Gasteiger partial charge in [-0.3, -0.25) is 9.69 Å². The van der Waals surface area contributed by atoms with Crippen LogP contribution in [-0.2, 0) is 9.53 Å². The van der Waals surface area contributed by atoms with Crippen molar-refractivity contribution < 1.29 is 14.3 Å². The van der Waals surface area contributed by atoms with Crippen molar-refractivity contribution in [2.45, 2.75) is 33.3 Å². The van der Waals surface area contributed by atoms with E-state index in [9.17, 15) is 9.59 Å². The SMILES string of the molecule is CC(=O)N1CCN(CCN(C)C(=O)OC(C)(C)C)CC1. The van der Waals surface area contributed by atoms with Crippen LogP contribution in [0.3, 0.4) is 0 Å². The molecule has 0 aromatic rings. The average Bonchev–Trinajstić information content (AvgIpc) is 2.34. The monoisotopic (exact) mass is 285 g/mol. The second-order valence-corrected chi connectivity index (χ2v) is 6.25. The minimum Gasteiger partial charge on any atom is -0.444 e. The molecule has 0 unspecified atom stereocenters. The van der Waals surface area contributed by atoms with E-state index in [1.165, 1.54) is 0 Å². The van der Waals surface area contributed by atoms with Gasteiger partial charge in [0.25, 0.3) is 0 Å². The number of nitrogens with zero attached hydrogens (tertiary/aromatic N) is 3. The highest BCUT2D eigenvalue weighted by atomic mass is 16.6. The minimum atomic E-state index is -0.460. The third-order valence-electron chi connectivity index (χ3n) is 3.27. The summed E-state index contributed by atoms with van der Waals surface area (Å²) in [6.07, 6.45) is -0.292. The van der Waals surface area contributed by atoms with Crippen LogP contribution >= 0.6 is 0 Å². The molecule has 2 amide bonds. The molecule has 1 heterocycles. The normalized spacial score (nSPS) is 16.9. The summed E-state index contributed by atoms with van der Waals surface area (Å²) < 4.78 is 5.30. The van der Waals surface area contributed by atoms with Crippen molar-refractivity contribution >= 4 is 12.0 Å². The zero-order valence-corrected chi connectivity index (χ0v) is 13.3. The molecular weight excluding hydrogens is 258 g/mol. The van der Waals surface area contributed by atoms with Crippen LogP contribution in [0.15, 0.2) is 0 Å². The first-order valence-electron chi connectivity index (χ1n) is 7.11. The van der Waals surface area contributed by atoms with Gasteiger partial charge in [-0.05, 0) is 20.8 Å². The molecule has 0 radical (unpaired) electrons. The summed E-state index contributed by atoms with van der Waals surface area (Å²) in [5.41, 5.74) is -0.460. The highest BCUT2D eigenvalue weighted by Crippen LogP contribution is 2.09. The predicted molar refractivity (Wildman–Crippen MR) is 77.6 cm³/mol. The number of carbonyl (C=O) groups excluding carboxylic acids is 2. The van der Waals surface area contributed by atoms with Crippen molar-refractivity contribution in [3.63, 3.8) is 0 Å². The molecular formula is C14H27N3O3. The Balaban J connectivity index is 2.27. The van der Waals surface area contributed by atoms with Gasteiger partial charge in [0.1, 0.15) is 5.60 Å². The smallest absolute Gasteiger partial charge is 0.410 e. The minimum absolute atomic E-state index is 0.135. The number of hydrogen-bond donors (Lipinski definition) is 0. The molecule has 1 fully saturated rings. The molecule has 0 bridgehead atoms. The number of hydrogen-bond acceptors (Lipinski definition) is 4. The van der Waals surface area contributed by atoms with Gasteiger partial charge in [-0.15, -0.1) is 0 Å². The largest absolute Gasteiger partial charge is 0.444 e. The Labute approximate surface area is 121 Å². The Morgan fingerprint density at radius 1 is 1.15 bits per heavy atom. The zero-order chi connectivity index (χ0) is 15.3. The highest BCUT2D eigenvalue weighted by Gasteiger charge is 2.21. The summed E-state index contributed by atoms with van der Waals surface area (Å²) in [4.78, 5) is 28.8. The van der Waals surface area contributed by atoms with Crippen LogP contribution in [0.5, 0.6) is 0 Å². The highest BCUT2D eigenvalue weighted by molar-refractivity contribution is 5.73. The second-order valence-electron chi connectivity index (χ2n) is 6.25. The quantitative estimate of drug-likeness (QED) is 0.777. The average molecular weight is 285 g/mol. The third kappa shape index (κ3) is 5.77. The fraction of sp³-hybridized carbons (Fsp3) is 0.857. The first-order valence-corrected chi connectivity index (χ1v) is 7.11. The van der Waals surface area contributed by atoms with Crippen molar-refractivity contribution in [2.75, 3.05) is 46.3 Å². The number of carbonyl (C=O) groups is 2. The lowest BCUT2D eigenvalue weighted by atomic mass is 10.2. The van der Waals surface area contributed by atoms with Crippen LogP contribution < -0.4 is 0 Å². The Morgan fingerprint density at radius 2 is 1.70 bits per heavy atom. The topological polar surface area (TPSA) is 53.1 Å². The first kappa shape index (κ1) is 16.8. The van der Waals surface area contributed by atoms with E-state index in [2.05, 4.69) is 4.90 Å². The number of amides is 2. The van der Waals surface area contributed by atoms with E-state index in [1.54, 1.807) is 18.9 Å². The molecule has 0 aromatic carbocycles. The van der Waals surface area contributed by atoms with Gasteiger partial charge in [-0.25, -0.2) is 4.79 Å². The van der Waals surface area contributed by atoms with E-state index in [-0.39, 0.29) is 12.0 Å². The fourth-order valence-corrected chi connectivity index (χ4v) is 2.01. The van der Waals surface area contributed by atoms with Gasteiger partial charge in [0.15, 0.2) is 0 Å². The fourth-order valence-electron chi connectivity index (χ4n) is 2.01. The van der Waals surface area contributed by atoms with Gasteiger partial charge in [-0.2, -0.15) is 0 Å². The molecule has 1 aliphatic heterocycles. The Morgan fingerprint density at radius 3 is 2.15 bits per heavy atom. The van der Waals surface area contributed by atoms with Crippen LogP contribution in [0, 0.1) is 0 Å². The van der Waals surface area contributed by atoms with Crippen LogP contribution in [0.1, 0.15) is 27.7 Å². The molecule has 6 heteroatoms. The zero-order valence-electron chi connectivity index (χ0n) is 13.3. The standard InChI is InChI=1S/C14H27N3O3/c1-12(18)17-10-8-16(9-11-17)7-6-15(5)13(19)20-14(2,3)4/h6-11H2,1-5H3. The summed E-state index contributed by atoms with van der Waals surface area (Å²) in [6, 6.07) is 0. The van der Waals surface area contributed by atoms with Crippen molar-refractivity contribution in [1.29, 1.82) is 0 Å². The van der Waals surface area contributed by atoms with E-state index < -0.39 is 5.60 Å². The van der Waals surface area contributed by atoms with Gasteiger partial charge in [0.05, 0.1) is 0 Å². The molecule has 0 aliphatic carbocycles. The maximum Gasteiger partial charge on any atom is 0.410 e. The number of rotatable bonds is 3. The van der Waals surface area contributed by atoms with Gasteiger partial charge in [0.2, 0.25) is 5.91 Å². The maximum absolute atomic E-state index is 11.8. The molecule has 20 heavy (non-hydrogen) atoms. The molecule has 1 saturated heterocycles. The number of likely N-dealkylation sites (N-methyl/N-ethyl adjacent to an activating group) is 1. The molecule has 6 nitrogen and oxygen atoms in total. The lowest BCUT2D eigenvalue weighted by molar-refractivity contribution is -0.130. The van der Waals surface area contributed by atoms with E-state index in [0.717, 1.165) is 32.7 Å². The van der Waals surface area contributed by atoms with Crippen LogP contribution in [-0.4, -0.2) is 78.6 Å². The van der Waals surface area contributed by atoms with Crippen molar-refractivity contribution in [3.05, 3.63) is 0 Å². The number of ether oxygens (including phenoxy) is 1. The van der Waals surface area contributed by atoms with E-state index in [1.807, 2.05) is 25.7 Å². The van der Waals surface area contributed by atoms with E-state index in [4.69, 9.17) is 4.74 Å². The Kier molecular flexibility index (Phi) is 5.80. The van der Waals surface area contributed by atoms with Gasteiger partial charge in [0, 0.05) is 53.2 Å². The summed E-state index contributed by atoms with van der Waals surface area (Å²) in [5, 5.41) is 0. The molecule has 0 saturated carbocycles. The van der Waals surface area contributed by atoms with E-state index in [0.29, 0.717) is 6.54 Å². The third-order valence-corrected chi connectivity index (χ3v) is 3.27. The summed E-state index contributed by atoms with van der Waals surface area (Å²) in [5.74, 6) is 0.135. The van der Waals surface area contributed by atoms with Crippen molar-refractivity contribution in [3.8, 4) is 0 Å². The molecule has 1 aliphatic rings. The van der Waals surface area contributed by atoms with Crippen LogP contribution in [0.4, 0.5) is 4.79 Å². The van der Waals surface area contributed by atoms with Gasteiger partial charge in [-0.1, -0.05) is 0 Å². The first-order chi connectivity index (χ1) is 9.19. The van der Waals surface area contributed by atoms with Crippen molar-refractivity contribution in [1.82, 2.24) is 14.7 Å². The molecule has 0 spiro atoms. The Hall–Kier alpha value is -1.30. The summed E-state index contributed by atoms with van der Waals surface area (Å²) in [7, 11) is 1.75. The summed E-state index contributed by atoms with van der Waals surface area (Å²) in [6.45, 7) is 11.9. The molecule has 0 atom stereocenters. The molecule has 0 aromatic heterocycles. The lowest BCUT2D eigenvalue weighted by Gasteiger charge is -2.35.